The highest BCUT2D eigenvalue weighted by Gasteiger charge is 2.40. The third-order valence-electron chi connectivity index (χ3n) is 7.16. The minimum Gasteiger partial charge on any atom is -0.493 e. The maximum Gasteiger partial charge on any atom is 0.310 e. The van der Waals surface area contributed by atoms with E-state index in [0.29, 0.717) is 51.1 Å². The van der Waals surface area contributed by atoms with Crippen LogP contribution in [0.15, 0.2) is 60.7 Å². The lowest BCUT2D eigenvalue weighted by Crippen LogP contribution is -2.44. The van der Waals surface area contributed by atoms with Crippen LogP contribution in [0, 0.1) is 5.41 Å². The van der Waals surface area contributed by atoms with Gasteiger partial charge in [0.2, 0.25) is 5.91 Å². The fourth-order valence-corrected chi connectivity index (χ4v) is 5.29. The molecule has 0 spiro atoms. The van der Waals surface area contributed by atoms with Crippen molar-refractivity contribution in [1.29, 1.82) is 0 Å². The summed E-state index contributed by atoms with van der Waals surface area (Å²) in [7, 11) is 3.06. The summed E-state index contributed by atoms with van der Waals surface area (Å²) in [5.41, 5.74) is 2.56. The number of hydrogen-bond donors (Lipinski definition) is 2. The molecule has 10 heteroatoms. The van der Waals surface area contributed by atoms with Crippen molar-refractivity contribution in [3.05, 3.63) is 82.4 Å². The van der Waals surface area contributed by atoms with E-state index in [2.05, 4.69) is 5.32 Å². The molecule has 4 rings (SSSR count). The number of methoxy groups -OCH3 is 2. The first kappa shape index (κ1) is 31.8. The molecule has 0 radical (unpaired) electrons. The van der Waals surface area contributed by atoms with Crippen LogP contribution in [-0.4, -0.2) is 49.8 Å². The Morgan fingerprint density at radius 3 is 2.42 bits per heavy atom. The molecule has 1 aliphatic rings. The molecule has 0 aromatic heterocycles. The summed E-state index contributed by atoms with van der Waals surface area (Å²) in [6.45, 7) is 8.01. The molecule has 1 unspecified atom stereocenters. The number of nitrogens with zero attached hydrogens (tertiary/aromatic N) is 1. The second-order valence-corrected chi connectivity index (χ2v) is 12.1. The predicted molar refractivity (Wildman–Crippen MR) is 165 cm³/mol. The molecule has 0 fully saturated rings. The van der Waals surface area contributed by atoms with Crippen LogP contribution >= 0.6 is 11.6 Å². The Hall–Kier alpha value is -4.08. The zero-order valence-electron chi connectivity index (χ0n) is 25.1. The molecule has 3 atom stereocenters. The highest BCUT2D eigenvalue weighted by atomic mass is 35.5. The summed E-state index contributed by atoms with van der Waals surface area (Å²) >= 11 is 6.48. The van der Waals surface area contributed by atoms with Gasteiger partial charge in [-0.2, -0.15) is 0 Å². The zero-order chi connectivity index (χ0) is 31.5. The number of fused-ring (bicyclic) bond motifs is 1. The first-order valence-corrected chi connectivity index (χ1v) is 14.3. The quantitative estimate of drug-likeness (QED) is 0.287. The minimum atomic E-state index is -1.17. The Labute approximate surface area is 256 Å². The van der Waals surface area contributed by atoms with Crippen LogP contribution in [0.25, 0.3) is 0 Å². The maximum absolute atomic E-state index is 14.2. The Bertz CT molecular complexity index is 1520. The number of carboxylic acid groups (broad SMARTS) is 1. The number of aliphatic carboxylic acids is 1. The zero-order valence-corrected chi connectivity index (χ0v) is 25.9. The lowest BCUT2D eigenvalue weighted by molar-refractivity contribution is -0.138. The lowest BCUT2D eigenvalue weighted by Gasteiger charge is -2.31. The lowest BCUT2D eigenvalue weighted by atomic mass is 9.94. The van der Waals surface area contributed by atoms with Crippen molar-refractivity contribution in [3.8, 4) is 11.5 Å². The number of carboxylic acids is 1. The molecule has 0 saturated carbocycles. The highest BCUT2D eigenvalue weighted by Crippen LogP contribution is 2.45. The third kappa shape index (κ3) is 7.29. The van der Waals surface area contributed by atoms with Gasteiger partial charge in [0.1, 0.15) is 12.2 Å². The summed E-state index contributed by atoms with van der Waals surface area (Å²) in [4.78, 5) is 40.7. The molecule has 0 bridgehead atoms. The average Bonchev–Trinajstić information content (AvgIpc) is 3.05. The van der Waals surface area contributed by atoms with Gasteiger partial charge in [-0.25, -0.2) is 0 Å². The third-order valence-corrected chi connectivity index (χ3v) is 7.40. The van der Waals surface area contributed by atoms with Crippen LogP contribution in [0.5, 0.6) is 11.5 Å². The van der Waals surface area contributed by atoms with Crippen molar-refractivity contribution in [2.45, 2.75) is 52.2 Å². The van der Waals surface area contributed by atoms with Crippen molar-refractivity contribution in [1.82, 2.24) is 0 Å². The number of carbonyl (C=O) groups excluding carboxylic acids is 2. The molecule has 1 aliphatic heterocycles. The van der Waals surface area contributed by atoms with E-state index in [9.17, 15) is 19.5 Å². The number of ether oxygens (including phenoxy) is 3. The average molecular weight is 609 g/mol. The predicted octanol–water partition coefficient (Wildman–Crippen LogP) is 6.44. The van der Waals surface area contributed by atoms with Gasteiger partial charge in [0.25, 0.3) is 5.91 Å². The number of nitrogens with one attached hydrogen (secondary N) is 1. The van der Waals surface area contributed by atoms with Crippen LogP contribution in [0.3, 0.4) is 0 Å². The van der Waals surface area contributed by atoms with Crippen molar-refractivity contribution >= 4 is 40.8 Å². The van der Waals surface area contributed by atoms with E-state index in [4.69, 9.17) is 25.8 Å². The fraction of sp³-hybridized carbons (Fsp3) is 0.364. The standard InChI is InChI=1S/C33H37ClN2O7/c1-19(32(39)40)20-9-7-10-22(15-20)35-28(37)17-27-31(38)36(18-33(2,3)4)25-14-13-21(34)16-24(25)29(43-27)23-11-8-12-26(41-5)30(23)42-6/h7-16,19,27,29H,17-18H2,1-6H3,(H,35,37)(H,39,40)/t19?,27-,29-/m1/s1. The number of anilines is 2. The molecule has 228 valence electrons. The Morgan fingerprint density at radius 1 is 1.05 bits per heavy atom. The number of halogens is 1. The van der Waals surface area contributed by atoms with Gasteiger partial charge in [0.15, 0.2) is 11.5 Å². The van der Waals surface area contributed by atoms with Gasteiger partial charge in [-0.15, -0.1) is 0 Å². The van der Waals surface area contributed by atoms with Crippen LogP contribution < -0.4 is 19.7 Å². The van der Waals surface area contributed by atoms with Gasteiger partial charge >= 0.3 is 5.97 Å². The first-order chi connectivity index (χ1) is 20.3. The molecule has 9 nitrogen and oxygen atoms in total. The van der Waals surface area contributed by atoms with Crippen LogP contribution in [0.4, 0.5) is 11.4 Å². The van der Waals surface area contributed by atoms with Crippen molar-refractivity contribution in [2.75, 3.05) is 31.0 Å². The minimum absolute atomic E-state index is 0.284. The molecule has 2 N–H and O–H groups in total. The normalized spacial score (nSPS) is 17.5. The molecule has 3 aromatic carbocycles. The summed E-state index contributed by atoms with van der Waals surface area (Å²) in [5.74, 6) is -1.64. The largest absolute Gasteiger partial charge is 0.493 e. The number of benzene rings is 3. The van der Waals surface area contributed by atoms with Gasteiger partial charge in [-0.1, -0.05) is 56.6 Å². The number of hydrogen-bond acceptors (Lipinski definition) is 6. The van der Waals surface area contributed by atoms with E-state index in [1.54, 1.807) is 66.4 Å². The second kappa shape index (κ2) is 13.1. The first-order valence-electron chi connectivity index (χ1n) is 13.9. The van der Waals surface area contributed by atoms with E-state index in [0.717, 1.165) is 0 Å². The van der Waals surface area contributed by atoms with Gasteiger partial charge in [0, 0.05) is 34.1 Å². The number of rotatable bonds is 9. The smallest absolute Gasteiger partial charge is 0.310 e. The molecule has 0 aliphatic carbocycles. The van der Waals surface area contributed by atoms with Crippen molar-refractivity contribution in [2.24, 2.45) is 5.41 Å². The van der Waals surface area contributed by atoms with Crippen LogP contribution in [0.1, 0.15) is 62.8 Å². The van der Waals surface area contributed by atoms with Crippen molar-refractivity contribution in [3.63, 3.8) is 0 Å². The SMILES string of the molecule is COc1cccc([C@H]2O[C@H](CC(=O)Nc3cccc(C(C)C(=O)O)c3)C(=O)N(CC(C)(C)C)c3ccc(Cl)cc32)c1OC. The topological polar surface area (TPSA) is 114 Å². The van der Waals surface area contributed by atoms with Crippen molar-refractivity contribution < 1.29 is 33.7 Å². The molecular weight excluding hydrogens is 572 g/mol. The molecule has 2 amide bonds. The van der Waals surface area contributed by atoms with Gasteiger partial charge in [-0.05, 0) is 54.3 Å². The molecule has 0 saturated heterocycles. The van der Waals surface area contributed by atoms with Crippen LogP contribution in [-0.2, 0) is 19.1 Å². The van der Waals surface area contributed by atoms with E-state index in [1.807, 2.05) is 26.8 Å². The van der Waals surface area contributed by atoms with Gasteiger partial charge < -0.3 is 29.5 Å². The summed E-state index contributed by atoms with van der Waals surface area (Å²) in [5, 5.41) is 12.7. The van der Waals surface area contributed by atoms with E-state index >= 15 is 0 Å². The number of para-hydroxylation sites is 1. The summed E-state index contributed by atoms with van der Waals surface area (Å²) < 4.78 is 17.8. The summed E-state index contributed by atoms with van der Waals surface area (Å²) in [6.07, 6.45) is -2.29. The van der Waals surface area contributed by atoms with E-state index in [-0.39, 0.29) is 17.7 Å². The summed E-state index contributed by atoms with van der Waals surface area (Å²) in [6, 6.07) is 17.3. The molecule has 1 heterocycles. The molecule has 3 aromatic rings. The van der Waals surface area contributed by atoms with Crippen LogP contribution in [0.2, 0.25) is 5.02 Å². The number of carbonyl (C=O) groups is 3. The Morgan fingerprint density at radius 2 is 1.77 bits per heavy atom. The molecule has 43 heavy (non-hydrogen) atoms. The number of amides is 2. The van der Waals surface area contributed by atoms with Gasteiger partial charge in [-0.3, -0.25) is 14.4 Å². The fourth-order valence-electron chi connectivity index (χ4n) is 5.11. The van der Waals surface area contributed by atoms with E-state index < -0.39 is 30.0 Å². The maximum atomic E-state index is 14.2. The van der Waals surface area contributed by atoms with E-state index in [1.165, 1.54) is 14.2 Å². The van der Waals surface area contributed by atoms with Gasteiger partial charge in [0.05, 0.1) is 26.6 Å². The second-order valence-electron chi connectivity index (χ2n) is 11.7. The Balaban J connectivity index is 1.77. The highest BCUT2D eigenvalue weighted by molar-refractivity contribution is 6.30. The monoisotopic (exact) mass is 608 g/mol. The Kier molecular flexibility index (Phi) is 9.67. The molecular formula is C33H37ClN2O7.